The van der Waals surface area contributed by atoms with E-state index in [0.717, 1.165) is 6.20 Å². The normalized spacial score (nSPS) is 11.2. The van der Waals surface area contributed by atoms with Crippen LogP contribution in [0.1, 0.15) is 35.3 Å². The summed E-state index contributed by atoms with van der Waals surface area (Å²) in [5, 5.41) is 26.5. The summed E-state index contributed by atoms with van der Waals surface area (Å²) < 4.78 is 1.20. The number of carboxylic acid groups (broad SMARTS) is 1. The van der Waals surface area contributed by atoms with E-state index in [1.54, 1.807) is 33.8 Å². The second kappa shape index (κ2) is 6.34. The minimum absolute atomic E-state index is 0.0911. The summed E-state index contributed by atoms with van der Waals surface area (Å²) in [5.74, 6) is -1.57. The van der Waals surface area contributed by atoms with Gasteiger partial charge in [-0.1, -0.05) is 6.07 Å². The SMILES string of the molecule is Cc1cc(C)c(C(=O)O)cc1NC(=O)C(C)(C)n1cc([N+](=O)[O-])cn1. The van der Waals surface area contributed by atoms with Crippen LogP contribution in [0.5, 0.6) is 0 Å². The summed E-state index contributed by atoms with van der Waals surface area (Å²) >= 11 is 0. The third kappa shape index (κ3) is 3.49. The topological polar surface area (TPSA) is 127 Å². The number of aryl methyl sites for hydroxylation is 2. The van der Waals surface area contributed by atoms with Gasteiger partial charge < -0.3 is 10.4 Å². The van der Waals surface area contributed by atoms with Crippen LogP contribution in [0.15, 0.2) is 24.5 Å². The first-order valence-electron chi connectivity index (χ1n) is 7.39. The molecular formula is C16H18N4O5. The van der Waals surface area contributed by atoms with Crippen molar-refractivity contribution in [3.05, 3.63) is 51.3 Å². The summed E-state index contributed by atoms with van der Waals surface area (Å²) in [5.41, 5.74) is 0.314. The molecular weight excluding hydrogens is 328 g/mol. The molecule has 0 aliphatic heterocycles. The van der Waals surface area contributed by atoms with Gasteiger partial charge in [0.1, 0.15) is 17.9 Å². The molecule has 1 aromatic carbocycles. The van der Waals surface area contributed by atoms with Gasteiger partial charge >= 0.3 is 11.7 Å². The minimum Gasteiger partial charge on any atom is -0.478 e. The second-order valence-corrected chi connectivity index (χ2v) is 6.20. The molecule has 2 rings (SSSR count). The van der Waals surface area contributed by atoms with Crippen LogP contribution in [0.4, 0.5) is 11.4 Å². The quantitative estimate of drug-likeness (QED) is 0.632. The Labute approximate surface area is 143 Å². The zero-order valence-electron chi connectivity index (χ0n) is 14.2. The Balaban J connectivity index is 2.33. The molecule has 0 spiro atoms. The molecule has 2 aromatic rings. The van der Waals surface area contributed by atoms with E-state index in [-0.39, 0.29) is 11.3 Å². The van der Waals surface area contributed by atoms with Gasteiger partial charge in [-0.05, 0) is 44.9 Å². The Hall–Kier alpha value is -3.23. The predicted octanol–water partition coefficient (Wildman–Crippen LogP) is 2.48. The van der Waals surface area contributed by atoms with Gasteiger partial charge in [0, 0.05) is 5.69 Å². The zero-order valence-corrected chi connectivity index (χ0v) is 14.2. The summed E-state index contributed by atoms with van der Waals surface area (Å²) in [6.45, 7) is 6.54. The van der Waals surface area contributed by atoms with Crippen LogP contribution in [-0.4, -0.2) is 31.7 Å². The van der Waals surface area contributed by atoms with E-state index < -0.39 is 22.3 Å². The average molecular weight is 346 g/mol. The van der Waals surface area contributed by atoms with E-state index in [1.807, 2.05) is 0 Å². The maximum absolute atomic E-state index is 12.6. The number of anilines is 1. The number of amides is 1. The fourth-order valence-electron chi connectivity index (χ4n) is 2.31. The molecule has 0 fully saturated rings. The fourth-order valence-corrected chi connectivity index (χ4v) is 2.31. The van der Waals surface area contributed by atoms with Gasteiger partial charge in [-0.15, -0.1) is 0 Å². The molecule has 9 nitrogen and oxygen atoms in total. The lowest BCUT2D eigenvalue weighted by atomic mass is 10.0. The first-order valence-corrected chi connectivity index (χ1v) is 7.39. The Morgan fingerprint density at radius 3 is 2.44 bits per heavy atom. The van der Waals surface area contributed by atoms with Crippen LogP contribution < -0.4 is 5.32 Å². The van der Waals surface area contributed by atoms with Gasteiger partial charge in [0.05, 0.1) is 10.5 Å². The van der Waals surface area contributed by atoms with Crippen LogP contribution in [0.3, 0.4) is 0 Å². The van der Waals surface area contributed by atoms with Crippen LogP contribution in [0, 0.1) is 24.0 Å². The smallest absolute Gasteiger partial charge is 0.336 e. The van der Waals surface area contributed by atoms with Crippen LogP contribution in [0.2, 0.25) is 0 Å². The van der Waals surface area contributed by atoms with Crippen LogP contribution in [0.25, 0.3) is 0 Å². The van der Waals surface area contributed by atoms with Gasteiger partial charge in [-0.25, -0.2) is 4.79 Å². The van der Waals surface area contributed by atoms with Gasteiger partial charge in [-0.3, -0.25) is 19.6 Å². The first kappa shape index (κ1) is 18.1. The molecule has 0 aliphatic carbocycles. The maximum Gasteiger partial charge on any atom is 0.336 e. The summed E-state index contributed by atoms with van der Waals surface area (Å²) in [7, 11) is 0. The van der Waals surface area contributed by atoms with E-state index in [1.165, 1.54) is 16.9 Å². The number of aromatic nitrogens is 2. The standard InChI is InChI=1S/C16H18N4O5/c1-9-5-10(2)13(6-12(9)14(21)22)18-15(23)16(3,4)19-8-11(7-17-19)20(24)25/h5-8H,1-4H3,(H,18,23)(H,21,22). The fraction of sp³-hybridized carbons (Fsp3) is 0.312. The molecule has 2 N–H and O–H groups in total. The number of hydrogen-bond acceptors (Lipinski definition) is 5. The summed E-state index contributed by atoms with van der Waals surface area (Å²) in [4.78, 5) is 34.1. The summed E-state index contributed by atoms with van der Waals surface area (Å²) in [6, 6.07) is 3.07. The van der Waals surface area contributed by atoms with Crippen molar-refractivity contribution in [1.29, 1.82) is 0 Å². The zero-order chi connectivity index (χ0) is 18.9. The number of carbonyl (C=O) groups is 2. The molecule has 0 bridgehead atoms. The van der Waals surface area contributed by atoms with E-state index in [4.69, 9.17) is 0 Å². The number of benzene rings is 1. The third-order valence-electron chi connectivity index (χ3n) is 3.96. The lowest BCUT2D eigenvalue weighted by Crippen LogP contribution is -2.40. The van der Waals surface area contributed by atoms with E-state index >= 15 is 0 Å². The van der Waals surface area contributed by atoms with Crippen LogP contribution >= 0.6 is 0 Å². The van der Waals surface area contributed by atoms with Crippen molar-refractivity contribution >= 4 is 23.3 Å². The number of rotatable bonds is 5. The lowest BCUT2D eigenvalue weighted by Gasteiger charge is -2.24. The number of carbonyl (C=O) groups excluding carboxylic acids is 1. The van der Waals surface area contributed by atoms with Crippen molar-refractivity contribution in [3.63, 3.8) is 0 Å². The number of carboxylic acids is 1. The molecule has 132 valence electrons. The highest BCUT2D eigenvalue weighted by Crippen LogP contribution is 2.24. The Morgan fingerprint density at radius 1 is 1.28 bits per heavy atom. The van der Waals surface area contributed by atoms with Crippen LogP contribution in [-0.2, 0) is 10.3 Å². The largest absolute Gasteiger partial charge is 0.478 e. The van der Waals surface area contributed by atoms with Gasteiger partial charge in [0.2, 0.25) is 0 Å². The number of nitro groups is 1. The highest BCUT2D eigenvalue weighted by atomic mass is 16.6. The van der Waals surface area contributed by atoms with E-state index in [2.05, 4.69) is 10.4 Å². The summed E-state index contributed by atoms with van der Waals surface area (Å²) in [6.07, 6.45) is 2.24. The molecule has 1 heterocycles. The highest BCUT2D eigenvalue weighted by molar-refractivity contribution is 5.98. The molecule has 0 aliphatic rings. The van der Waals surface area contributed by atoms with Crippen molar-refractivity contribution < 1.29 is 19.6 Å². The van der Waals surface area contributed by atoms with Gasteiger partial charge in [0.15, 0.2) is 0 Å². The highest BCUT2D eigenvalue weighted by Gasteiger charge is 2.32. The van der Waals surface area contributed by atoms with Crippen molar-refractivity contribution in [1.82, 2.24) is 9.78 Å². The maximum atomic E-state index is 12.6. The van der Waals surface area contributed by atoms with E-state index in [0.29, 0.717) is 16.8 Å². The van der Waals surface area contributed by atoms with Crippen molar-refractivity contribution in [2.75, 3.05) is 5.32 Å². The molecule has 0 atom stereocenters. The molecule has 0 saturated heterocycles. The molecule has 0 radical (unpaired) electrons. The lowest BCUT2D eigenvalue weighted by molar-refractivity contribution is -0.385. The van der Waals surface area contributed by atoms with E-state index in [9.17, 15) is 24.8 Å². The first-order chi connectivity index (χ1) is 11.5. The Morgan fingerprint density at radius 2 is 1.92 bits per heavy atom. The Bertz CT molecular complexity index is 869. The van der Waals surface area contributed by atoms with Gasteiger partial charge in [-0.2, -0.15) is 5.10 Å². The number of nitrogens with zero attached hydrogens (tertiary/aromatic N) is 3. The molecule has 9 heteroatoms. The second-order valence-electron chi connectivity index (χ2n) is 6.20. The van der Waals surface area contributed by atoms with Crippen molar-refractivity contribution in [3.8, 4) is 0 Å². The number of nitrogens with one attached hydrogen (secondary N) is 1. The third-order valence-corrected chi connectivity index (χ3v) is 3.96. The molecule has 1 aromatic heterocycles. The Kier molecular flexibility index (Phi) is 4.60. The predicted molar refractivity (Wildman–Crippen MR) is 89.7 cm³/mol. The minimum atomic E-state index is -1.21. The molecule has 25 heavy (non-hydrogen) atoms. The van der Waals surface area contributed by atoms with Crippen molar-refractivity contribution in [2.24, 2.45) is 0 Å². The average Bonchev–Trinajstić information content (AvgIpc) is 3.00. The number of aromatic carboxylic acids is 1. The molecule has 0 saturated carbocycles. The van der Waals surface area contributed by atoms with Crippen molar-refractivity contribution in [2.45, 2.75) is 33.2 Å². The monoisotopic (exact) mass is 346 g/mol. The van der Waals surface area contributed by atoms with Gasteiger partial charge in [0.25, 0.3) is 5.91 Å². The number of hydrogen-bond donors (Lipinski definition) is 2. The molecule has 1 amide bonds. The molecule has 0 unspecified atom stereocenters.